The van der Waals surface area contributed by atoms with Crippen LogP contribution in [0.2, 0.25) is 0 Å². The van der Waals surface area contributed by atoms with Crippen LogP contribution < -0.4 is 0 Å². The van der Waals surface area contributed by atoms with Gasteiger partial charge in [-0.25, -0.2) is 4.79 Å². The Morgan fingerprint density at radius 2 is 2.00 bits per heavy atom. The Hall–Kier alpha value is -0.790. The standard InChI is InChI=1S/C11H18O2/c1-7-8(2)11(3,4)9(7)6-10(12)13-5/h6-8H,1-5H3/b9-6+/t7-,8+/m0/s1. The van der Waals surface area contributed by atoms with E-state index < -0.39 is 0 Å². The van der Waals surface area contributed by atoms with Gasteiger partial charge in [-0.15, -0.1) is 0 Å². The molecule has 13 heavy (non-hydrogen) atoms. The lowest BCUT2D eigenvalue weighted by atomic mass is 9.53. The molecule has 1 fully saturated rings. The maximum Gasteiger partial charge on any atom is 0.330 e. The normalized spacial score (nSPS) is 34.1. The second-order valence-electron chi connectivity index (χ2n) is 4.42. The van der Waals surface area contributed by atoms with Gasteiger partial charge in [-0.1, -0.05) is 33.3 Å². The highest BCUT2D eigenvalue weighted by molar-refractivity contribution is 5.83. The van der Waals surface area contributed by atoms with E-state index in [2.05, 4.69) is 32.4 Å². The minimum atomic E-state index is -0.234. The first-order valence-electron chi connectivity index (χ1n) is 4.71. The summed E-state index contributed by atoms with van der Waals surface area (Å²) in [5.41, 5.74) is 1.38. The maximum absolute atomic E-state index is 11.1. The van der Waals surface area contributed by atoms with Crippen LogP contribution in [-0.2, 0) is 9.53 Å². The monoisotopic (exact) mass is 182 g/mol. The Bertz CT molecular complexity index is 251. The zero-order valence-corrected chi connectivity index (χ0v) is 9.05. The summed E-state index contributed by atoms with van der Waals surface area (Å²) in [5.74, 6) is 0.916. The maximum atomic E-state index is 11.1. The number of ether oxygens (including phenoxy) is 1. The van der Waals surface area contributed by atoms with E-state index in [0.29, 0.717) is 11.8 Å². The quantitative estimate of drug-likeness (QED) is 0.460. The number of carbonyl (C=O) groups is 1. The predicted molar refractivity (Wildman–Crippen MR) is 52.2 cm³/mol. The lowest BCUT2D eigenvalue weighted by Crippen LogP contribution is -2.44. The Morgan fingerprint density at radius 3 is 2.38 bits per heavy atom. The van der Waals surface area contributed by atoms with E-state index in [0.717, 1.165) is 0 Å². The van der Waals surface area contributed by atoms with E-state index in [-0.39, 0.29) is 11.4 Å². The Morgan fingerprint density at radius 1 is 1.46 bits per heavy atom. The molecule has 0 saturated heterocycles. The van der Waals surface area contributed by atoms with Gasteiger partial charge < -0.3 is 4.74 Å². The molecule has 0 amide bonds. The Kier molecular flexibility index (Phi) is 2.51. The van der Waals surface area contributed by atoms with Crippen molar-refractivity contribution in [2.24, 2.45) is 17.3 Å². The van der Waals surface area contributed by atoms with Crippen LogP contribution in [0.1, 0.15) is 27.7 Å². The minimum Gasteiger partial charge on any atom is -0.466 e. The highest BCUT2D eigenvalue weighted by Gasteiger charge is 2.46. The van der Waals surface area contributed by atoms with E-state index in [4.69, 9.17) is 0 Å². The molecule has 0 aromatic rings. The van der Waals surface area contributed by atoms with Gasteiger partial charge in [0.1, 0.15) is 0 Å². The largest absolute Gasteiger partial charge is 0.466 e. The lowest BCUT2D eigenvalue weighted by Gasteiger charge is -2.51. The number of carbonyl (C=O) groups excluding carboxylic acids is 1. The molecule has 0 aromatic carbocycles. The van der Waals surface area contributed by atoms with Crippen molar-refractivity contribution in [1.82, 2.24) is 0 Å². The van der Waals surface area contributed by atoms with E-state index in [1.165, 1.54) is 12.7 Å². The van der Waals surface area contributed by atoms with Crippen molar-refractivity contribution in [3.63, 3.8) is 0 Å². The number of methoxy groups -OCH3 is 1. The van der Waals surface area contributed by atoms with Crippen LogP contribution in [0.4, 0.5) is 0 Å². The summed E-state index contributed by atoms with van der Waals surface area (Å²) >= 11 is 0. The molecule has 2 heteroatoms. The fourth-order valence-corrected chi connectivity index (χ4v) is 2.15. The first-order chi connectivity index (χ1) is 5.91. The van der Waals surface area contributed by atoms with Crippen molar-refractivity contribution in [2.75, 3.05) is 7.11 Å². The molecule has 0 radical (unpaired) electrons. The van der Waals surface area contributed by atoms with E-state index in [1.807, 2.05) is 0 Å². The molecule has 2 nitrogen and oxygen atoms in total. The molecule has 1 aliphatic carbocycles. The second kappa shape index (κ2) is 3.17. The molecule has 0 aromatic heterocycles. The van der Waals surface area contributed by atoms with Crippen molar-refractivity contribution in [3.8, 4) is 0 Å². The first kappa shape index (κ1) is 10.3. The van der Waals surface area contributed by atoms with Gasteiger partial charge in [0.15, 0.2) is 0 Å². The zero-order valence-electron chi connectivity index (χ0n) is 9.05. The van der Waals surface area contributed by atoms with E-state index in [9.17, 15) is 4.79 Å². The number of esters is 1. The smallest absolute Gasteiger partial charge is 0.330 e. The number of hydrogen-bond acceptors (Lipinski definition) is 2. The molecule has 1 saturated carbocycles. The summed E-state index contributed by atoms with van der Waals surface area (Å²) in [5, 5.41) is 0. The third-order valence-corrected chi connectivity index (χ3v) is 3.60. The third kappa shape index (κ3) is 1.50. The highest BCUT2D eigenvalue weighted by atomic mass is 16.5. The predicted octanol–water partition coefficient (Wildman–Crippen LogP) is 2.40. The molecule has 0 aliphatic heterocycles. The topological polar surface area (TPSA) is 26.3 Å². The zero-order chi connectivity index (χ0) is 10.2. The number of allylic oxidation sites excluding steroid dienone is 1. The van der Waals surface area contributed by atoms with Crippen molar-refractivity contribution in [2.45, 2.75) is 27.7 Å². The average Bonchev–Trinajstić information content (AvgIpc) is 2.11. The van der Waals surface area contributed by atoms with Crippen LogP contribution in [0.5, 0.6) is 0 Å². The van der Waals surface area contributed by atoms with Gasteiger partial charge in [0.05, 0.1) is 7.11 Å². The second-order valence-corrected chi connectivity index (χ2v) is 4.42. The summed E-state index contributed by atoms with van der Waals surface area (Å²) < 4.78 is 4.62. The summed E-state index contributed by atoms with van der Waals surface area (Å²) in [6, 6.07) is 0. The molecular weight excluding hydrogens is 164 g/mol. The number of rotatable bonds is 1. The van der Waals surface area contributed by atoms with Gasteiger partial charge >= 0.3 is 5.97 Å². The summed E-state index contributed by atoms with van der Waals surface area (Å²) in [6.07, 6.45) is 1.64. The molecule has 0 N–H and O–H groups in total. The fourth-order valence-electron chi connectivity index (χ4n) is 2.15. The van der Waals surface area contributed by atoms with Crippen molar-refractivity contribution in [3.05, 3.63) is 11.6 Å². The molecule has 0 unspecified atom stereocenters. The van der Waals surface area contributed by atoms with Crippen LogP contribution in [0.3, 0.4) is 0 Å². The molecule has 1 aliphatic rings. The van der Waals surface area contributed by atoms with Gasteiger partial charge in [-0.2, -0.15) is 0 Å². The first-order valence-corrected chi connectivity index (χ1v) is 4.71. The van der Waals surface area contributed by atoms with Crippen molar-refractivity contribution >= 4 is 5.97 Å². The van der Waals surface area contributed by atoms with E-state index >= 15 is 0 Å². The van der Waals surface area contributed by atoms with Crippen molar-refractivity contribution < 1.29 is 9.53 Å². The Balaban J connectivity index is 2.83. The molecule has 0 spiro atoms. The van der Waals surface area contributed by atoms with Crippen LogP contribution >= 0.6 is 0 Å². The summed E-state index contributed by atoms with van der Waals surface area (Å²) in [6.45, 7) is 8.73. The minimum absolute atomic E-state index is 0.160. The van der Waals surface area contributed by atoms with Gasteiger partial charge in [-0.3, -0.25) is 0 Å². The van der Waals surface area contributed by atoms with E-state index in [1.54, 1.807) is 6.08 Å². The lowest BCUT2D eigenvalue weighted by molar-refractivity contribution is -0.135. The van der Waals surface area contributed by atoms with Crippen LogP contribution in [0.25, 0.3) is 0 Å². The average molecular weight is 182 g/mol. The van der Waals surface area contributed by atoms with Crippen molar-refractivity contribution in [1.29, 1.82) is 0 Å². The molecule has 1 rings (SSSR count). The van der Waals surface area contributed by atoms with Gasteiger partial charge in [-0.05, 0) is 17.3 Å². The third-order valence-electron chi connectivity index (χ3n) is 3.60. The molecule has 0 bridgehead atoms. The molecular formula is C11H18O2. The summed E-state index contributed by atoms with van der Waals surface area (Å²) in [7, 11) is 1.42. The molecule has 2 atom stereocenters. The van der Waals surface area contributed by atoms with Crippen LogP contribution in [0, 0.1) is 17.3 Å². The van der Waals surface area contributed by atoms with Crippen LogP contribution in [0.15, 0.2) is 11.6 Å². The molecule has 74 valence electrons. The fraction of sp³-hybridized carbons (Fsp3) is 0.727. The Labute approximate surface area is 80.0 Å². The van der Waals surface area contributed by atoms with Gasteiger partial charge in [0.25, 0.3) is 0 Å². The summed E-state index contributed by atoms with van der Waals surface area (Å²) in [4.78, 5) is 11.1. The highest BCUT2D eigenvalue weighted by Crippen LogP contribution is 2.54. The van der Waals surface area contributed by atoms with Gasteiger partial charge in [0.2, 0.25) is 0 Å². The van der Waals surface area contributed by atoms with Crippen LogP contribution in [-0.4, -0.2) is 13.1 Å². The SMILES string of the molecule is COC(=O)/C=C1\[C@@H](C)[C@@H](C)C1(C)C. The van der Waals surface area contributed by atoms with Gasteiger partial charge in [0, 0.05) is 6.08 Å². The number of hydrogen-bond donors (Lipinski definition) is 0. The molecule has 0 heterocycles.